The van der Waals surface area contributed by atoms with Crippen LogP contribution in [0.15, 0.2) is 84.9 Å². The fraction of sp³-hybridized carbons (Fsp3) is 0.368. The van der Waals surface area contributed by atoms with Gasteiger partial charge in [0.2, 0.25) is 0 Å². The molecule has 5 aromatic rings. The highest BCUT2D eigenvalue weighted by Crippen LogP contribution is 2.38. The molecular formula is C38H50N6S. The lowest BCUT2D eigenvalue weighted by Crippen LogP contribution is -2.28. The largest absolute Gasteiger partial charge is 0.330 e. The molecule has 45 heavy (non-hydrogen) atoms. The van der Waals surface area contributed by atoms with Crippen molar-refractivity contribution >= 4 is 31.5 Å². The maximum atomic E-state index is 5.81. The summed E-state index contributed by atoms with van der Waals surface area (Å²) in [7, 11) is 0. The number of nitrogens with zero attached hydrogens (tertiary/aromatic N) is 2. The highest BCUT2D eigenvalue weighted by Gasteiger charge is 2.12. The van der Waals surface area contributed by atoms with Gasteiger partial charge in [0.15, 0.2) is 0 Å². The van der Waals surface area contributed by atoms with Crippen molar-refractivity contribution < 1.29 is 0 Å². The lowest BCUT2D eigenvalue weighted by atomic mass is 9.98. The summed E-state index contributed by atoms with van der Waals surface area (Å²) in [5, 5.41) is 2.64. The molecular weight excluding hydrogens is 573 g/mol. The number of hydrogen-bond acceptors (Lipinski definition) is 7. The first-order valence-electron chi connectivity index (χ1n) is 16.5. The van der Waals surface area contributed by atoms with E-state index < -0.39 is 0 Å². The Labute approximate surface area is 273 Å². The van der Waals surface area contributed by atoms with Crippen molar-refractivity contribution in [3.63, 3.8) is 0 Å². The third-order valence-electron chi connectivity index (χ3n) is 8.52. The summed E-state index contributed by atoms with van der Waals surface area (Å²) in [5.41, 5.74) is 30.9. The Morgan fingerprint density at radius 1 is 0.444 bits per heavy atom. The maximum absolute atomic E-state index is 5.81. The fourth-order valence-corrected chi connectivity index (χ4v) is 7.22. The lowest BCUT2D eigenvalue weighted by Gasteiger charge is -2.22. The van der Waals surface area contributed by atoms with Crippen LogP contribution in [0.1, 0.15) is 36.8 Å². The molecule has 0 bridgehead atoms. The van der Waals surface area contributed by atoms with Gasteiger partial charge >= 0.3 is 0 Å². The molecule has 0 atom stereocenters. The summed E-state index contributed by atoms with van der Waals surface area (Å²) in [6.45, 7) is 8.68. The fourth-order valence-electron chi connectivity index (χ4n) is 6.15. The van der Waals surface area contributed by atoms with Gasteiger partial charge in [-0.3, -0.25) is 9.80 Å². The second-order valence-corrected chi connectivity index (χ2v) is 13.1. The minimum atomic E-state index is 0.712. The predicted octanol–water partition coefficient (Wildman–Crippen LogP) is 6.39. The quantitative estimate of drug-likeness (QED) is 0.0902. The van der Waals surface area contributed by atoms with Crippen molar-refractivity contribution in [1.82, 2.24) is 9.80 Å². The number of nitrogens with two attached hydrogens (primary N) is 4. The monoisotopic (exact) mass is 622 g/mol. The molecule has 0 fully saturated rings. The molecule has 0 amide bonds. The molecule has 0 aliphatic heterocycles. The summed E-state index contributed by atoms with van der Waals surface area (Å²) in [6.07, 6.45) is 4.00. The molecule has 0 saturated carbocycles. The van der Waals surface area contributed by atoms with Crippen LogP contribution in [0, 0.1) is 0 Å². The molecule has 6 nitrogen and oxygen atoms in total. The molecule has 238 valence electrons. The Balaban J connectivity index is 1.40. The molecule has 7 heteroatoms. The Morgan fingerprint density at radius 3 is 1.20 bits per heavy atom. The molecule has 1 heterocycles. The van der Waals surface area contributed by atoms with Gasteiger partial charge in [-0.25, -0.2) is 0 Å². The van der Waals surface area contributed by atoms with Gasteiger partial charge in [-0.05, 0) is 148 Å². The Bertz CT molecular complexity index is 1510. The summed E-state index contributed by atoms with van der Waals surface area (Å²) >= 11 is 1.87. The summed E-state index contributed by atoms with van der Waals surface area (Å²) in [4.78, 5) is 4.95. The van der Waals surface area contributed by atoms with Crippen LogP contribution in [0.25, 0.3) is 42.4 Å². The number of rotatable bonds is 18. The summed E-state index contributed by atoms with van der Waals surface area (Å²) in [5.74, 6) is 0. The summed E-state index contributed by atoms with van der Waals surface area (Å²) < 4.78 is 2.64. The molecule has 4 aromatic carbocycles. The smallest absolute Gasteiger partial charge is 0.0355 e. The van der Waals surface area contributed by atoms with Crippen molar-refractivity contribution in [3.8, 4) is 22.3 Å². The van der Waals surface area contributed by atoms with Crippen LogP contribution < -0.4 is 22.9 Å². The van der Waals surface area contributed by atoms with Crippen molar-refractivity contribution in [2.24, 2.45) is 22.9 Å². The molecule has 0 saturated heterocycles. The van der Waals surface area contributed by atoms with Crippen LogP contribution in [0.4, 0.5) is 0 Å². The molecule has 8 N–H and O–H groups in total. The second-order valence-electron chi connectivity index (χ2n) is 12.0. The Kier molecular flexibility index (Phi) is 12.5. The highest BCUT2D eigenvalue weighted by atomic mass is 32.1. The van der Waals surface area contributed by atoms with Gasteiger partial charge in [-0.1, -0.05) is 48.5 Å². The van der Waals surface area contributed by atoms with E-state index in [9.17, 15) is 0 Å². The van der Waals surface area contributed by atoms with Gasteiger partial charge in [-0.15, -0.1) is 11.3 Å². The number of benzene rings is 4. The van der Waals surface area contributed by atoms with E-state index in [4.69, 9.17) is 22.9 Å². The molecule has 1 aromatic heterocycles. The highest BCUT2D eigenvalue weighted by molar-refractivity contribution is 7.25. The minimum absolute atomic E-state index is 0.712. The van der Waals surface area contributed by atoms with Crippen molar-refractivity contribution in [2.75, 3.05) is 52.4 Å². The summed E-state index contributed by atoms with van der Waals surface area (Å²) in [6, 6.07) is 31.8. The van der Waals surface area contributed by atoms with E-state index >= 15 is 0 Å². The van der Waals surface area contributed by atoms with Gasteiger partial charge in [0, 0.05) is 33.3 Å². The molecule has 0 aliphatic carbocycles. The van der Waals surface area contributed by atoms with E-state index in [1.54, 1.807) is 0 Å². The predicted molar refractivity (Wildman–Crippen MR) is 195 cm³/mol. The van der Waals surface area contributed by atoms with E-state index in [2.05, 4.69) is 94.7 Å². The van der Waals surface area contributed by atoms with E-state index in [1.807, 2.05) is 11.3 Å². The Hall–Kier alpha value is -3.14. The van der Waals surface area contributed by atoms with Gasteiger partial charge in [0.1, 0.15) is 0 Å². The number of hydrogen-bond donors (Lipinski definition) is 4. The SMILES string of the molecule is NCCCN(CCCN)Cc1cccc(-c2ccc3sc4ccc(-c5cccc(CN(CCCN)CCCN)c5)cc4c3c2)c1. The van der Waals surface area contributed by atoms with Gasteiger partial charge < -0.3 is 22.9 Å². The first-order valence-corrected chi connectivity index (χ1v) is 17.3. The maximum Gasteiger partial charge on any atom is 0.0355 e. The number of thiophene rings is 1. The van der Waals surface area contributed by atoms with E-state index in [-0.39, 0.29) is 0 Å². The first kappa shape index (κ1) is 33.2. The van der Waals surface area contributed by atoms with Crippen LogP contribution in [-0.2, 0) is 13.1 Å². The minimum Gasteiger partial charge on any atom is -0.330 e. The Morgan fingerprint density at radius 2 is 0.822 bits per heavy atom. The molecule has 0 spiro atoms. The van der Waals surface area contributed by atoms with Crippen LogP contribution in [0.5, 0.6) is 0 Å². The standard InChI is InChI=1S/C38H50N6S/c39-15-3-19-43(20-4-16-40)27-29-7-1-9-31(23-29)33-11-13-37-35(25-33)36-26-34(12-14-38(36)45-37)32-10-2-8-30(24-32)28-44(21-5-17-41)22-6-18-42/h1-2,7-14,23-26H,3-6,15-22,27-28,39-42H2. The molecule has 0 radical (unpaired) electrons. The average molecular weight is 623 g/mol. The lowest BCUT2D eigenvalue weighted by molar-refractivity contribution is 0.262. The van der Waals surface area contributed by atoms with Crippen LogP contribution >= 0.6 is 11.3 Å². The van der Waals surface area contributed by atoms with E-state index in [0.29, 0.717) is 26.2 Å². The van der Waals surface area contributed by atoms with Gasteiger partial charge in [-0.2, -0.15) is 0 Å². The van der Waals surface area contributed by atoms with Crippen LogP contribution in [0.2, 0.25) is 0 Å². The third-order valence-corrected chi connectivity index (χ3v) is 9.67. The molecule has 5 rings (SSSR count). The van der Waals surface area contributed by atoms with Crippen molar-refractivity contribution in [3.05, 3.63) is 96.1 Å². The second kappa shape index (κ2) is 17.0. The zero-order valence-corrected chi connectivity index (χ0v) is 27.4. The van der Waals surface area contributed by atoms with Crippen LogP contribution in [0.3, 0.4) is 0 Å². The van der Waals surface area contributed by atoms with Crippen LogP contribution in [-0.4, -0.2) is 62.2 Å². The third kappa shape index (κ3) is 8.99. The van der Waals surface area contributed by atoms with Crippen molar-refractivity contribution in [2.45, 2.75) is 38.8 Å². The molecule has 0 unspecified atom stereocenters. The van der Waals surface area contributed by atoms with Gasteiger partial charge in [0.05, 0.1) is 0 Å². The zero-order chi connectivity index (χ0) is 31.4. The zero-order valence-electron chi connectivity index (χ0n) is 26.6. The molecule has 0 aliphatic rings. The average Bonchev–Trinajstić information content (AvgIpc) is 3.44. The number of fused-ring (bicyclic) bond motifs is 3. The van der Waals surface area contributed by atoms with E-state index in [1.165, 1.54) is 53.6 Å². The first-order chi connectivity index (χ1) is 22.1. The van der Waals surface area contributed by atoms with Gasteiger partial charge in [0.25, 0.3) is 0 Å². The van der Waals surface area contributed by atoms with E-state index in [0.717, 1.165) is 65.0 Å². The normalized spacial score (nSPS) is 11.9. The topological polar surface area (TPSA) is 111 Å². The van der Waals surface area contributed by atoms with Crippen molar-refractivity contribution in [1.29, 1.82) is 0 Å².